The van der Waals surface area contributed by atoms with Crippen LogP contribution in [0.4, 0.5) is 4.79 Å². The van der Waals surface area contributed by atoms with Crippen LogP contribution in [0.25, 0.3) is 0 Å². The van der Waals surface area contributed by atoms with Crippen molar-refractivity contribution in [3.8, 4) is 5.75 Å². The Bertz CT molecular complexity index is 770. The zero-order valence-corrected chi connectivity index (χ0v) is 14.4. The van der Waals surface area contributed by atoms with E-state index >= 15 is 0 Å². The third kappa shape index (κ3) is 3.65. The van der Waals surface area contributed by atoms with E-state index in [0.717, 1.165) is 18.4 Å². The molecule has 2 aromatic rings. The molecule has 25 heavy (non-hydrogen) atoms. The number of carbonyl (C=O) groups is 2. The first-order chi connectivity index (χ1) is 12.1. The molecule has 0 N–H and O–H groups in total. The van der Waals surface area contributed by atoms with E-state index in [1.54, 1.807) is 29.2 Å². The highest BCUT2D eigenvalue weighted by Crippen LogP contribution is 2.34. The van der Waals surface area contributed by atoms with Gasteiger partial charge in [0.05, 0.1) is 18.7 Å². The van der Waals surface area contributed by atoms with Gasteiger partial charge in [0.2, 0.25) is 0 Å². The van der Waals surface area contributed by atoms with Crippen molar-refractivity contribution in [3.63, 3.8) is 0 Å². The minimum absolute atomic E-state index is 0.0445. The highest BCUT2D eigenvalue weighted by Gasteiger charge is 2.32. The second kappa shape index (κ2) is 7.38. The average Bonchev–Trinajstić information content (AvgIpc) is 3.11. The Morgan fingerprint density at radius 2 is 1.80 bits per heavy atom. The molecule has 1 aliphatic heterocycles. The van der Waals surface area contributed by atoms with Gasteiger partial charge in [0.15, 0.2) is 0 Å². The van der Waals surface area contributed by atoms with Crippen molar-refractivity contribution in [1.29, 1.82) is 0 Å². The fraction of sp³-hybridized carbons (Fsp3) is 0.300. The van der Waals surface area contributed by atoms with Gasteiger partial charge in [0.1, 0.15) is 5.75 Å². The standard InChI is InChI=1S/C20H21NO4/c1-14-6-3-4-7-17(14)18-8-5-13-21(18)20(23)25-16-11-9-15(10-12-16)19(22)24-2/h3-4,6-7,9-12,18H,5,8,13H2,1-2H3. The van der Waals surface area contributed by atoms with Crippen molar-refractivity contribution in [1.82, 2.24) is 4.90 Å². The highest BCUT2D eigenvalue weighted by molar-refractivity contribution is 5.89. The van der Waals surface area contributed by atoms with Crippen molar-refractivity contribution in [2.24, 2.45) is 0 Å². The van der Waals surface area contributed by atoms with E-state index in [2.05, 4.69) is 23.8 Å². The number of nitrogens with zero attached hydrogens (tertiary/aromatic N) is 1. The predicted molar refractivity (Wildman–Crippen MR) is 93.7 cm³/mol. The number of aryl methyl sites for hydroxylation is 1. The molecule has 1 unspecified atom stereocenters. The van der Waals surface area contributed by atoms with Gasteiger partial charge in [0, 0.05) is 6.54 Å². The number of likely N-dealkylation sites (tertiary alicyclic amines) is 1. The lowest BCUT2D eigenvalue weighted by atomic mass is 10.00. The van der Waals surface area contributed by atoms with Crippen molar-refractivity contribution >= 4 is 12.1 Å². The van der Waals surface area contributed by atoms with Gasteiger partial charge in [0.25, 0.3) is 0 Å². The van der Waals surface area contributed by atoms with E-state index in [0.29, 0.717) is 17.9 Å². The maximum absolute atomic E-state index is 12.6. The summed E-state index contributed by atoms with van der Waals surface area (Å²) in [4.78, 5) is 25.8. The highest BCUT2D eigenvalue weighted by atomic mass is 16.6. The van der Waals surface area contributed by atoms with Gasteiger partial charge in [-0.25, -0.2) is 9.59 Å². The molecule has 2 aromatic carbocycles. The van der Waals surface area contributed by atoms with Crippen molar-refractivity contribution in [2.75, 3.05) is 13.7 Å². The quantitative estimate of drug-likeness (QED) is 0.790. The first-order valence-electron chi connectivity index (χ1n) is 8.32. The molecular formula is C20H21NO4. The van der Waals surface area contributed by atoms with Crippen molar-refractivity contribution in [3.05, 3.63) is 65.2 Å². The summed E-state index contributed by atoms with van der Waals surface area (Å²) in [6.45, 7) is 2.74. The van der Waals surface area contributed by atoms with Crippen LogP contribution in [0.5, 0.6) is 5.75 Å². The lowest BCUT2D eigenvalue weighted by molar-refractivity contribution is 0.0600. The van der Waals surface area contributed by atoms with Crippen LogP contribution in [-0.4, -0.2) is 30.6 Å². The van der Waals surface area contributed by atoms with Crippen LogP contribution in [0.1, 0.15) is 40.4 Å². The largest absolute Gasteiger partial charge is 0.465 e. The summed E-state index contributed by atoms with van der Waals surface area (Å²) in [5.74, 6) is -0.00915. The van der Waals surface area contributed by atoms with Gasteiger partial charge < -0.3 is 14.4 Å². The molecule has 1 saturated heterocycles. The first kappa shape index (κ1) is 17.0. The summed E-state index contributed by atoms with van der Waals surface area (Å²) >= 11 is 0. The number of carbonyl (C=O) groups excluding carboxylic acids is 2. The minimum Gasteiger partial charge on any atom is -0.465 e. The second-order valence-electron chi connectivity index (χ2n) is 6.09. The number of amides is 1. The minimum atomic E-state index is -0.419. The van der Waals surface area contributed by atoms with Crippen LogP contribution < -0.4 is 4.74 Å². The van der Waals surface area contributed by atoms with Crippen molar-refractivity contribution in [2.45, 2.75) is 25.8 Å². The topological polar surface area (TPSA) is 55.8 Å². The van der Waals surface area contributed by atoms with Crippen LogP contribution in [-0.2, 0) is 4.74 Å². The first-order valence-corrected chi connectivity index (χ1v) is 8.32. The van der Waals surface area contributed by atoms with Gasteiger partial charge in [-0.2, -0.15) is 0 Å². The van der Waals surface area contributed by atoms with E-state index in [9.17, 15) is 9.59 Å². The summed E-state index contributed by atoms with van der Waals surface area (Å²) in [6, 6.07) is 14.5. The van der Waals surface area contributed by atoms with Gasteiger partial charge in [-0.15, -0.1) is 0 Å². The van der Waals surface area contributed by atoms with Gasteiger partial charge in [-0.1, -0.05) is 24.3 Å². The summed E-state index contributed by atoms with van der Waals surface area (Å²) in [6.07, 6.45) is 1.52. The number of rotatable bonds is 3. The number of benzene rings is 2. The third-order valence-electron chi connectivity index (χ3n) is 4.52. The Kier molecular flexibility index (Phi) is 5.03. The molecule has 0 aromatic heterocycles. The maximum Gasteiger partial charge on any atom is 0.415 e. The summed E-state index contributed by atoms with van der Waals surface area (Å²) in [5, 5.41) is 0. The second-order valence-corrected chi connectivity index (χ2v) is 6.09. The summed E-state index contributed by atoms with van der Waals surface area (Å²) in [5.41, 5.74) is 2.76. The molecular weight excluding hydrogens is 318 g/mol. The predicted octanol–water partition coefficient (Wildman–Crippen LogP) is 4.12. The van der Waals surface area contributed by atoms with E-state index in [1.165, 1.54) is 12.7 Å². The summed E-state index contributed by atoms with van der Waals surface area (Å²) in [7, 11) is 1.33. The molecule has 3 rings (SSSR count). The number of esters is 1. The van der Waals surface area contributed by atoms with Crippen LogP contribution in [0, 0.1) is 6.92 Å². The Morgan fingerprint density at radius 1 is 1.08 bits per heavy atom. The molecule has 5 heteroatoms. The molecule has 1 amide bonds. The molecule has 0 aliphatic carbocycles. The average molecular weight is 339 g/mol. The SMILES string of the molecule is COC(=O)c1ccc(OC(=O)N2CCCC2c2ccccc2C)cc1. The smallest absolute Gasteiger partial charge is 0.415 e. The summed E-state index contributed by atoms with van der Waals surface area (Å²) < 4.78 is 10.2. The Hall–Kier alpha value is -2.82. The molecule has 130 valence electrons. The van der Waals surface area contributed by atoms with E-state index < -0.39 is 5.97 Å². The number of ether oxygens (including phenoxy) is 2. The molecule has 1 heterocycles. The van der Waals surface area contributed by atoms with Gasteiger partial charge in [-0.3, -0.25) is 0 Å². The van der Waals surface area contributed by atoms with E-state index in [-0.39, 0.29) is 12.1 Å². The lowest BCUT2D eigenvalue weighted by Gasteiger charge is -2.25. The Morgan fingerprint density at radius 3 is 2.48 bits per heavy atom. The molecule has 0 spiro atoms. The molecule has 0 radical (unpaired) electrons. The molecule has 0 saturated carbocycles. The van der Waals surface area contributed by atoms with Crippen LogP contribution in [0.15, 0.2) is 48.5 Å². The normalized spacial score (nSPS) is 16.6. The number of methoxy groups -OCH3 is 1. The molecule has 1 aliphatic rings. The Balaban J connectivity index is 1.72. The molecule has 5 nitrogen and oxygen atoms in total. The van der Waals surface area contributed by atoms with Crippen LogP contribution >= 0.6 is 0 Å². The van der Waals surface area contributed by atoms with Crippen LogP contribution in [0.3, 0.4) is 0 Å². The Labute approximate surface area is 147 Å². The third-order valence-corrected chi connectivity index (χ3v) is 4.52. The maximum atomic E-state index is 12.6. The molecule has 1 atom stereocenters. The molecule has 1 fully saturated rings. The number of hydrogen-bond acceptors (Lipinski definition) is 4. The van der Waals surface area contributed by atoms with Crippen molar-refractivity contribution < 1.29 is 19.1 Å². The van der Waals surface area contributed by atoms with E-state index in [4.69, 9.17) is 4.74 Å². The van der Waals surface area contributed by atoms with Crippen LogP contribution in [0.2, 0.25) is 0 Å². The fourth-order valence-electron chi connectivity index (χ4n) is 3.21. The molecule has 0 bridgehead atoms. The van der Waals surface area contributed by atoms with E-state index in [1.807, 2.05) is 12.1 Å². The monoisotopic (exact) mass is 339 g/mol. The zero-order chi connectivity index (χ0) is 17.8. The van der Waals surface area contributed by atoms with Gasteiger partial charge >= 0.3 is 12.1 Å². The van der Waals surface area contributed by atoms with Gasteiger partial charge in [-0.05, 0) is 55.2 Å². The zero-order valence-electron chi connectivity index (χ0n) is 14.4. The fourth-order valence-corrected chi connectivity index (χ4v) is 3.21. The lowest BCUT2D eigenvalue weighted by Crippen LogP contribution is -2.33. The number of hydrogen-bond donors (Lipinski definition) is 0.